The van der Waals surface area contributed by atoms with Gasteiger partial charge >= 0.3 is 5.97 Å². The standard InChI is InChI=1S/C24H32O2/c1-16(13-21(25)26)7-8-18-15-24(18,6)17-9-10-19-20(14-17)23(4,5)12-11-22(19,2)3/h7-10,13-14,18H,11-12,15H2,1-6H3,(H,25,26)/b8-7+,16-13+/t18?,24-/m0/s1. The molecule has 1 fully saturated rings. The maximum absolute atomic E-state index is 10.8. The maximum atomic E-state index is 10.8. The van der Waals surface area contributed by atoms with Gasteiger partial charge in [0.15, 0.2) is 0 Å². The molecule has 0 spiro atoms. The van der Waals surface area contributed by atoms with E-state index in [1.165, 1.54) is 35.6 Å². The number of benzene rings is 1. The first-order valence-electron chi connectivity index (χ1n) is 9.71. The number of hydrogen-bond donors (Lipinski definition) is 1. The molecule has 0 aromatic heterocycles. The van der Waals surface area contributed by atoms with Crippen molar-refractivity contribution in [2.45, 2.75) is 77.0 Å². The van der Waals surface area contributed by atoms with Crippen molar-refractivity contribution in [3.63, 3.8) is 0 Å². The topological polar surface area (TPSA) is 37.3 Å². The third-order valence-corrected chi connectivity index (χ3v) is 6.76. The third kappa shape index (κ3) is 3.39. The summed E-state index contributed by atoms with van der Waals surface area (Å²) in [6, 6.07) is 7.16. The lowest BCUT2D eigenvalue weighted by Gasteiger charge is -2.42. The van der Waals surface area contributed by atoms with E-state index >= 15 is 0 Å². The van der Waals surface area contributed by atoms with Crippen molar-refractivity contribution in [2.75, 3.05) is 0 Å². The second-order valence-electron chi connectivity index (χ2n) is 9.84. The molecule has 1 N–H and O–H groups in total. The minimum atomic E-state index is -0.884. The summed E-state index contributed by atoms with van der Waals surface area (Å²) in [7, 11) is 0. The summed E-state index contributed by atoms with van der Waals surface area (Å²) in [5.74, 6) is -0.400. The van der Waals surface area contributed by atoms with Gasteiger partial charge < -0.3 is 5.11 Å². The summed E-state index contributed by atoms with van der Waals surface area (Å²) in [4.78, 5) is 10.8. The van der Waals surface area contributed by atoms with E-state index in [0.29, 0.717) is 5.92 Å². The Kier molecular flexibility index (Phi) is 4.45. The Morgan fingerprint density at radius 1 is 1.08 bits per heavy atom. The Bertz CT molecular complexity index is 794. The molecule has 140 valence electrons. The number of carboxylic acids is 1. The molecular weight excluding hydrogens is 320 g/mol. The molecule has 1 saturated carbocycles. The summed E-state index contributed by atoms with van der Waals surface area (Å²) < 4.78 is 0. The first-order chi connectivity index (χ1) is 12.0. The zero-order valence-electron chi connectivity index (χ0n) is 17.0. The zero-order chi connectivity index (χ0) is 19.3. The number of allylic oxidation sites excluding steroid dienone is 3. The van der Waals surface area contributed by atoms with Crippen molar-refractivity contribution in [2.24, 2.45) is 5.92 Å². The van der Waals surface area contributed by atoms with Crippen LogP contribution in [0.3, 0.4) is 0 Å². The van der Waals surface area contributed by atoms with Crippen LogP contribution in [-0.2, 0) is 21.0 Å². The van der Waals surface area contributed by atoms with E-state index in [1.807, 2.05) is 13.0 Å². The lowest BCUT2D eigenvalue weighted by molar-refractivity contribution is -0.131. The highest BCUT2D eigenvalue weighted by Crippen LogP contribution is 2.56. The van der Waals surface area contributed by atoms with Crippen molar-refractivity contribution in [3.05, 3.63) is 58.7 Å². The number of rotatable bonds is 4. The van der Waals surface area contributed by atoms with Crippen LogP contribution in [0.1, 0.15) is 77.5 Å². The van der Waals surface area contributed by atoms with Crippen LogP contribution in [0.25, 0.3) is 0 Å². The van der Waals surface area contributed by atoms with Crippen LogP contribution >= 0.6 is 0 Å². The SMILES string of the molecule is CC(/C=C/C1C[C@@]1(C)c1ccc2c(c1)C(C)(C)CCC2(C)C)=C\C(=O)O. The van der Waals surface area contributed by atoms with E-state index in [2.05, 4.69) is 58.9 Å². The Hall–Kier alpha value is -1.83. The number of aliphatic carboxylic acids is 1. The van der Waals surface area contributed by atoms with Gasteiger partial charge in [-0.1, -0.05) is 65.0 Å². The van der Waals surface area contributed by atoms with Gasteiger partial charge in [0.25, 0.3) is 0 Å². The van der Waals surface area contributed by atoms with Gasteiger partial charge in [0.1, 0.15) is 0 Å². The van der Waals surface area contributed by atoms with Gasteiger partial charge in [-0.25, -0.2) is 4.79 Å². The fraction of sp³-hybridized carbons (Fsp3) is 0.542. The van der Waals surface area contributed by atoms with Crippen LogP contribution in [0.4, 0.5) is 0 Å². The molecule has 0 heterocycles. The monoisotopic (exact) mass is 352 g/mol. The molecule has 0 amide bonds. The van der Waals surface area contributed by atoms with Gasteiger partial charge in [0, 0.05) is 6.08 Å². The lowest BCUT2D eigenvalue weighted by atomic mass is 9.62. The highest BCUT2D eigenvalue weighted by atomic mass is 16.4. The summed E-state index contributed by atoms with van der Waals surface area (Å²) in [5, 5.41) is 8.84. The highest BCUT2D eigenvalue weighted by Gasteiger charge is 2.50. The van der Waals surface area contributed by atoms with Crippen LogP contribution in [0.5, 0.6) is 0 Å². The van der Waals surface area contributed by atoms with Crippen LogP contribution < -0.4 is 0 Å². The number of fused-ring (bicyclic) bond motifs is 1. The quantitative estimate of drug-likeness (QED) is 0.541. The van der Waals surface area contributed by atoms with Crippen molar-refractivity contribution < 1.29 is 9.90 Å². The first kappa shape index (κ1) is 18.9. The summed E-state index contributed by atoms with van der Waals surface area (Å²) in [5.41, 5.74) is 5.91. The first-order valence-corrected chi connectivity index (χ1v) is 9.71. The molecule has 2 aliphatic rings. The molecule has 2 nitrogen and oxygen atoms in total. The fourth-order valence-electron chi connectivity index (χ4n) is 4.46. The van der Waals surface area contributed by atoms with Crippen molar-refractivity contribution in [3.8, 4) is 0 Å². The van der Waals surface area contributed by atoms with E-state index in [0.717, 1.165) is 12.0 Å². The summed E-state index contributed by atoms with van der Waals surface area (Å²) in [6.45, 7) is 13.6. The Morgan fingerprint density at radius 2 is 1.69 bits per heavy atom. The predicted molar refractivity (Wildman–Crippen MR) is 108 cm³/mol. The van der Waals surface area contributed by atoms with E-state index in [-0.39, 0.29) is 16.2 Å². The molecule has 0 aliphatic heterocycles. The van der Waals surface area contributed by atoms with E-state index in [9.17, 15) is 4.79 Å². The zero-order valence-corrected chi connectivity index (χ0v) is 17.0. The molecule has 2 atom stereocenters. The fourth-order valence-corrected chi connectivity index (χ4v) is 4.46. The van der Waals surface area contributed by atoms with Gasteiger partial charge in [0.2, 0.25) is 0 Å². The molecule has 3 rings (SSSR count). The Labute approximate surface area is 158 Å². The van der Waals surface area contributed by atoms with Crippen molar-refractivity contribution in [1.82, 2.24) is 0 Å². The summed E-state index contributed by atoms with van der Waals surface area (Å²) >= 11 is 0. The van der Waals surface area contributed by atoms with E-state index in [1.54, 1.807) is 0 Å². The average Bonchev–Trinajstić information content (AvgIpc) is 3.21. The van der Waals surface area contributed by atoms with Gasteiger partial charge in [-0.3, -0.25) is 0 Å². The van der Waals surface area contributed by atoms with Crippen LogP contribution in [0, 0.1) is 5.92 Å². The van der Waals surface area contributed by atoms with Crippen LogP contribution in [0.2, 0.25) is 0 Å². The minimum absolute atomic E-state index is 0.173. The predicted octanol–water partition coefficient (Wildman–Crippen LogP) is 5.90. The molecule has 26 heavy (non-hydrogen) atoms. The molecule has 1 aromatic carbocycles. The second-order valence-corrected chi connectivity index (χ2v) is 9.84. The molecule has 0 bridgehead atoms. The maximum Gasteiger partial charge on any atom is 0.328 e. The third-order valence-electron chi connectivity index (χ3n) is 6.76. The molecule has 2 aliphatic carbocycles. The highest BCUT2D eigenvalue weighted by molar-refractivity contribution is 5.81. The molecular formula is C24H32O2. The minimum Gasteiger partial charge on any atom is -0.478 e. The Balaban J connectivity index is 1.88. The largest absolute Gasteiger partial charge is 0.478 e. The number of carbonyl (C=O) groups is 1. The average molecular weight is 353 g/mol. The second kappa shape index (κ2) is 6.11. The normalized spacial score (nSPS) is 29.5. The van der Waals surface area contributed by atoms with Gasteiger partial charge in [-0.05, 0) is 70.6 Å². The summed E-state index contributed by atoms with van der Waals surface area (Å²) in [6.07, 6.45) is 9.00. The van der Waals surface area contributed by atoms with Gasteiger partial charge in [-0.2, -0.15) is 0 Å². The van der Waals surface area contributed by atoms with Crippen molar-refractivity contribution >= 4 is 5.97 Å². The molecule has 2 heteroatoms. The lowest BCUT2D eigenvalue weighted by Crippen LogP contribution is -2.34. The van der Waals surface area contributed by atoms with Gasteiger partial charge in [0.05, 0.1) is 0 Å². The molecule has 0 saturated heterocycles. The van der Waals surface area contributed by atoms with Crippen molar-refractivity contribution in [1.29, 1.82) is 0 Å². The van der Waals surface area contributed by atoms with Gasteiger partial charge in [-0.15, -0.1) is 0 Å². The van der Waals surface area contributed by atoms with E-state index < -0.39 is 5.97 Å². The smallest absolute Gasteiger partial charge is 0.328 e. The number of carboxylic acid groups (broad SMARTS) is 1. The number of hydrogen-bond acceptors (Lipinski definition) is 1. The van der Waals surface area contributed by atoms with Crippen LogP contribution in [-0.4, -0.2) is 11.1 Å². The Morgan fingerprint density at radius 3 is 2.31 bits per heavy atom. The van der Waals surface area contributed by atoms with E-state index in [4.69, 9.17) is 5.11 Å². The molecule has 0 radical (unpaired) electrons. The molecule has 1 aromatic rings. The molecule has 1 unspecified atom stereocenters. The van der Waals surface area contributed by atoms with Crippen LogP contribution in [0.15, 0.2) is 42.0 Å².